The number of carbonyl (C=O) groups is 1. The predicted octanol–water partition coefficient (Wildman–Crippen LogP) is 2.95. The minimum Gasteiger partial charge on any atom is -0.328 e. The summed E-state index contributed by atoms with van der Waals surface area (Å²) in [7, 11) is 0. The number of hydrogen-bond acceptors (Lipinski definition) is 4. The highest BCUT2D eigenvalue weighted by Crippen LogP contribution is 2.40. The van der Waals surface area contributed by atoms with Crippen LogP contribution in [0.2, 0.25) is 0 Å². The average molecular weight is 383 g/mol. The van der Waals surface area contributed by atoms with E-state index in [2.05, 4.69) is 25.8 Å². The van der Waals surface area contributed by atoms with Crippen LogP contribution < -0.4 is 10.6 Å². The first-order chi connectivity index (χ1) is 13.6. The molecule has 146 valence electrons. The summed E-state index contributed by atoms with van der Waals surface area (Å²) in [5.74, 6) is 0.872. The van der Waals surface area contributed by atoms with Gasteiger partial charge in [-0.15, -0.1) is 0 Å². The Kier molecular flexibility index (Phi) is 5.05. The van der Waals surface area contributed by atoms with Crippen LogP contribution >= 0.6 is 0 Å². The number of halogens is 1. The minimum atomic E-state index is -0.326. The largest absolute Gasteiger partial charge is 0.328 e. The maximum absolute atomic E-state index is 13.8. The van der Waals surface area contributed by atoms with Crippen LogP contribution in [0.1, 0.15) is 37.2 Å². The molecule has 0 bridgehead atoms. The molecule has 3 aromatic rings. The van der Waals surface area contributed by atoms with Crippen molar-refractivity contribution >= 4 is 11.7 Å². The Morgan fingerprint density at radius 1 is 1.32 bits per heavy atom. The fraction of sp³-hybridized carbons (Fsp3) is 0.368. The number of nitrogens with zero attached hydrogens (tertiary/aromatic N) is 5. The van der Waals surface area contributed by atoms with Crippen molar-refractivity contribution in [3.63, 3.8) is 0 Å². The van der Waals surface area contributed by atoms with Crippen molar-refractivity contribution in [2.75, 3.05) is 5.32 Å². The summed E-state index contributed by atoms with van der Waals surface area (Å²) in [6.07, 6.45) is 6.85. The van der Waals surface area contributed by atoms with E-state index in [1.54, 1.807) is 40.0 Å². The van der Waals surface area contributed by atoms with Gasteiger partial charge in [-0.05, 0) is 31.7 Å². The van der Waals surface area contributed by atoms with E-state index in [9.17, 15) is 9.18 Å². The first kappa shape index (κ1) is 18.1. The summed E-state index contributed by atoms with van der Waals surface area (Å²) >= 11 is 0. The van der Waals surface area contributed by atoms with Gasteiger partial charge in [0.25, 0.3) is 0 Å². The molecule has 1 aromatic carbocycles. The highest BCUT2D eigenvalue weighted by atomic mass is 19.1. The summed E-state index contributed by atoms with van der Waals surface area (Å²) in [6, 6.07) is 6.06. The zero-order valence-electron chi connectivity index (χ0n) is 15.5. The summed E-state index contributed by atoms with van der Waals surface area (Å²) in [4.78, 5) is 16.8. The zero-order valence-corrected chi connectivity index (χ0v) is 15.5. The van der Waals surface area contributed by atoms with Gasteiger partial charge in [0.2, 0.25) is 0 Å². The SMILES string of the molecule is CCn1ncnc1C(NC(=O)Nc1cnn(Cc2ccccc2F)c1)C1CC1. The van der Waals surface area contributed by atoms with Crippen molar-refractivity contribution in [1.29, 1.82) is 0 Å². The third kappa shape index (κ3) is 4.03. The number of anilines is 1. The van der Waals surface area contributed by atoms with E-state index < -0.39 is 0 Å². The summed E-state index contributed by atoms with van der Waals surface area (Å²) in [5.41, 5.74) is 1.08. The maximum atomic E-state index is 13.8. The molecule has 2 aromatic heterocycles. The second kappa shape index (κ2) is 7.79. The van der Waals surface area contributed by atoms with Crippen LogP contribution in [-0.2, 0) is 13.1 Å². The first-order valence-corrected chi connectivity index (χ1v) is 9.35. The Balaban J connectivity index is 1.40. The number of amides is 2. The van der Waals surface area contributed by atoms with Crippen LogP contribution in [0.4, 0.5) is 14.9 Å². The Morgan fingerprint density at radius 3 is 2.89 bits per heavy atom. The van der Waals surface area contributed by atoms with Crippen molar-refractivity contribution in [2.45, 2.75) is 38.9 Å². The first-order valence-electron chi connectivity index (χ1n) is 9.35. The van der Waals surface area contributed by atoms with E-state index in [1.807, 2.05) is 6.92 Å². The third-order valence-corrected chi connectivity index (χ3v) is 4.78. The third-order valence-electron chi connectivity index (χ3n) is 4.78. The van der Waals surface area contributed by atoms with E-state index in [4.69, 9.17) is 0 Å². The number of aryl methyl sites for hydroxylation is 1. The van der Waals surface area contributed by atoms with Crippen LogP contribution in [0.5, 0.6) is 0 Å². The van der Waals surface area contributed by atoms with E-state index in [1.165, 1.54) is 12.4 Å². The second-order valence-corrected chi connectivity index (χ2v) is 6.87. The number of nitrogens with one attached hydrogen (secondary N) is 2. The van der Waals surface area contributed by atoms with Gasteiger partial charge in [-0.25, -0.2) is 18.9 Å². The number of rotatable bonds is 7. The highest BCUT2D eigenvalue weighted by Gasteiger charge is 2.36. The number of aromatic nitrogens is 5. The topological polar surface area (TPSA) is 89.7 Å². The summed E-state index contributed by atoms with van der Waals surface area (Å²) < 4.78 is 17.2. The molecule has 1 aliphatic rings. The standard InChI is InChI=1S/C19H22FN7O/c1-2-27-18(21-12-23-27)17(13-7-8-13)25-19(28)24-15-9-22-26(11-15)10-14-5-3-4-6-16(14)20/h3-6,9,11-13,17H,2,7-8,10H2,1H3,(H2,24,25,28). The van der Waals surface area contributed by atoms with Gasteiger partial charge in [0.1, 0.15) is 18.0 Å². The van der Waals surface area contributed by atoms with E-state index >= 15 is 0 Å². The molecular weight excluding hydrogens is 361 g/mol. The lowest BCUT2D eigenvalue weighted by atomic mass is 10.1. The predicted molar refractivity (Wildman–Crippen MR) is 101 cm³/mol. The van der Waals surface area contributed by atoms with Crippen molar-refractivity contribution < 1.29 is 9.18 Å². The van der Waals surface area contributed by atoms with Crippen molar-refractivity contribution in [3.05, 3.63) is 60.2 Å². The molecule has 0 spiro atoms. The Hall–Kier alpha value is -3.23. The fourth-order valence-corrected chi connectivity index (χ4v) is 3.20. The van der Waals surface area contributed by atoms with Crippen LogP contribution in [0, 0.1) is 11.7 Å². The Labute approximate surface area is 161 Å². The Morgan fingerprint density at radius 2 is 2.14 bits per heavy atom. The Bertz CT molecular complexity index is 963. The lowest BCUT2D eigenvalue weighted by Gasteiger charge is -2.18. The van der Waals surface area contributed by atoms with Gasteiger partial charge in [0, 0.05) is 18.3 Å². The molecule has 1 atom stereocenters. The number of benzene rings is 1. The van der Waals surface area contributed by atoms with Gasteiger partial charge in [0.15, 0.2) is 0 Å². The van der Waals surface area contributed by atoms with Crippen molar-refractivity contribution in [2.24, 2.45) is 5.92 Å². The van der Waals surface area contributed by atoms with Crippen LogP contribution in [-0.4, -0.2) is 30.6 Å². The molecule has 4 rings (SSSR count). The smallest absolute Gasteiger partial charge is 0.319 e. The molecular formula is C19H22FN7O. The van der Waals surface area contributed by atoms with Crippen molar-refractivity contribution in [3.8, 4) is 0 Å². The molecule has 1 unspecified atom stereocenters. The normalized spacial score (nSPS) is 14.6. The molecule has 2 amide bonds. The fourth-order valence-electron chi connectivity index (χ4n) is 3.20. The van der Waals surface area contributed by atoms with Gasteiger partial charge in [-0.1, -0.05) is 18.2 Å². The van der Waals surface area contributed by atoms with Crippen molar-refractivity contribution in [1.82, 2.24) is 29.9 Å². The molecule has 9 heteroatoms. The van der Waals surface area contributed by atoms with Gasteiger partial charge in [0.05, 0.1) is 24.5 Å². The molecule has 0 radical (unpaired) electrons. The lowest BCUT2D eigenvalue weighted by molar-refractivity contribution is 0.246. The quantitative estimate of drug-likeness (QED) is 0.656. The van der Waals surface area contributed by atoms with E-state index in [0.717, 1.165) is 18.7 Å². The molecule has 1 aliphatic carbocycles. The molecule has 1 fully saturated rings. The average Bonchev–Trinajstić information content (AvgIpc) is 3.26. The monoisotopic (exact) mass is 383 g/mol. The van der Waals surface area contributed by atoms with Crippen LogP contribution in [0.3, 0.4) is 0 Å². The molecule has 2 heterocycles. The zero-order chi connectivity index (χ0) is 19.5. The second-order valence-electron chi connectivity index (χ2n) is 6.87. The van der Waals surface area contributed by atoms with Gasteiger partial charge in [-0.2, -0.15) is 10.2 Å². The van der Waals surface area contributed by atoms with E-state index in [-0.39, 0.29) is 17.9 Å². The van der Waals surface area contributed by atoms with Crippen LogP contribution in [0.15, 0.2) is 43.0 Å². The van der Waals surface area contributed by atoms with Crippen LogP contribution in [0.25, 0.3) is 0 Å². The summed E-state index contributed by atoms with van der Waals surface area (Å²) in [5, 5.41) is 14.2. The molecule has 0 saturated heterocycles. The lowest BCUT2D eigenvalue weighted by Crippen LogP contribution is -2.35. The maximum Gasteiger partial charge on any atom is 0.319 e. The van der Waals surface area contributed by atoms with Gasteiger partial charge >= 0.3 is 6.03 Å². The number of carbonyl (C=O) groups excluding carboxylic acids is 1. The molecule has 28 heavy (non-hydrogen) atoms. The summed E-state index contributed by atoms with van der Waals surface area (Å²) in [6.45, 7) is 2.98. The molecule has 8 nitrogen and oxygen atoms in total. The number of urea groups is 1. The highest BCUT2D eigenvalue weighted by molar-refractivity contribution is 5.89. The minimum absolute atomic E-state index is 0.170. The molecule has 1 saturated carbocycles. The molecule has 0 aliphatic heterocycles. The van der Waals surface area contributed by atoms with Gasteiger partial charge in [-0.3, -0.25) is 4.68 Å². The number of hydrogen-bond donors (Lipinski definition) is 2. The molecule has 2 N–H and O–H groups in total. The van der Waals surface area contributed by atoms with E-state index in [0.29, 0.717) is 30.3 Å². The van der Waals surface area contributed by atoms with Gasteiger partial charge < -0.3 is 10.6 Å².